The Morgan fingerprint density at radius 2 is 1.51 bits per heavy atom. The summed E-state index contributed by atoms with van der Waals surface area (Å²) < 4.78 is 33.3. The van der Waals surface area contributed by atoms with Crippen LogP contribution in [0.3, 0.4) is 0 Å². The van der Waals surface area contributed by atoms with Crippen molar-refractivity contribution in [3.05, 3.63) is 41.0 Å². The zero-order valence-corrected chi connectivity index (χ0v) is 26.8. The molecule has 0 spiro atoms. The summed E-state index contributed by atoms with van der Waals surface area (Å²) in [5.41, 5.74) is 2.92. The van der Waals surface area contributed by atoms with Crippen LogP contribution in [0.1, 0.15) is 64.7 Å². The summed E-state index contributed by atoms with van der Waals surface area (Å²) in [5, 5.41) is 26.8. The fourth-order valence-corrected chi connectivity index (χ4v) is 4.80. The summed E-state index contributed by atoms with van der Waals surface area (Å²) in [5.74, 6) is -4.50. The summed E-state index contributed by atoms with van der Waals surface area (Å²) in [6.07, 6.45) is -2.58. The van der Waals surface area contributed by atoms with Crippen molar-refractivity contribution in [2.24, 2.45) is 11.8 Å². The maximum absolute atomic E-state index is 12.2. The van der Waals surface area contributed by atoms with Gasteiger partial charge in [0.1, 0.15) is 12.7 Å². The number of rotatable bonds is 14. The number of hydrogen-bond acceptors (Lipinski definition) is 13. The van der Waals surface area contributed by atoms with Gasteiger partial charge in [-0.05, 0) is 42.4 Å². The second-order valence-electron chi connectivity index (χ2n) is 11.0. The van der Waals surface area contributed by atoms with Crippen LogP contribution in [-0.2, 0) is 54.0 Å². The second-order valence-corrected chi connectivity index (χ2v) is 11.0. The van der Waals surface area contributed by atoms with Crippen LogP contribution in [0.2, 0.25) is 0 Å². The van der Waals surface area contributed by atoms with Gasteiger partial charge in [-0.15, -0.1) is 0 Å². The number of carbonyl (C=O) groups is 4. The molecule has 1 aliphatic heterocycles. The van der Waals surface area contributed by atoms with E-state index in [-0.39, 0.29) is 30.6 Å². The van der Waals surface area contributed by atoms with Gasteiger partial charge in [0.25, 0.3) is 0 Å². The van der Waals surface area contributed by atoms with Gasteiger partial charge in [-0.25, -0.2) is 0 Å². The molecule has 0 aromatic heterocycles. The van der Waals surface area contributed by atoms with Crippen molar-refractivity contribution in [2.75, 3.05) is 13.2 Å². The summed E-state index contributed by atoms with van der Waals surface area (Å²) >= 11 is 0. The first-order valence-electron chi connectivity index (χ1n) is 14.6. The van der Waals surface area contributed by atoms with E-state index in [4.69, 9.17) is 44.3 Å². The average molecular weight is 633 g/mol. The zero-order chi connectivity index (χ0) is 33.8. The summed E-state index contributed by atoms with van der Waals surface area (Å²) in [6.45, 7) is 9.68. The highest BCUT2D eigenvalue weighted by Gasteiger charge is 2.54. The van der Waals surface area contributed by atoms with Crippen LogP contribution in [-0.4, -0.2) is 84.5 Å². The maximum atomic E-state index is 12.2. The molecule has 0 bridgehead atoms. The highest BCUT2D eigenvalue weighted by molar-refractivity contribution is 6.02. The molecule has 2 rings (SSSR count). The normalized spacial score (nSPS) is 21.9. The molecule has 1 unspecified atom stereocenters. The third kappa shape index (κ3) is 11.4. The van der Waals surface area contributed by atoms with Crippen LogP contribution in [0.25, 0.3) is 6.08 Å². The molecule has 1 aromatic carbocycles. The molecule has 248 valence electrons. The van der Waals surface area contributed by atoms with Crippen molar-refractivity contribution in [3.8, 4) is 0 Å². The second kappa shape index (κ2) is 17.4. The standard InChI is InChI=1S/C32H44N2O11/c1-17(2)27(33)25(15-24-12-11-23(14-18(24)3)10-8-9-13-35)31(34)45-32-30(43-22(7)39)29(42-21(6)38)28(41-20(5)37)26(44-32)16-40-19(4)36/h8,10-12,14,17,25-26,28-30,32-35H,9,13,15-16H2,1-7H3/t25?,26-,28-,29+,30-,32+/m1/s1. The highest BCUT2D eigenvalue weighted by atomic mass is 16.7. The van der Waals surface area contributed by atoms with Crippen molar-refractivity contribution in [1.29, 1.82) is 10.8 Å². The van der Waals surface area contributed by atoms with Crippen molar-refractivity contribution in [1.82, 2.24) is 0 Å². The van der Waals surface area contributed by atoms with E-state index in [0.717, 1.165) is 37.5 Å². The Labute approximate surface area is 263 Å². The van der Waals surface area contributed by atoms with Crippen molar-refractivity contribution in [3.63, 3.8) is 0 Å². The summed E-state index contributed by atoms with van der Waals surface area (Å²) in [7, 11) is 0. The zero-order valence-electron chi connectivity index (χ0n) is 26.8. The molecule has 1 fully saturated rings. The molecule has 0 amide bonds. The Bertz CT molecular complexity index is 1280. The van der Waals surface area contributed by atoms with E-state index in [0.29, 0.717) is 6.42 Å². The SMILES string of the molecule is CC(=O)OC[C@H]1O[C@@H](OC(=N)C(Cc2ccc(C=CCCO)cc2C)C(=N)C(C)C)[C@H](OC(C)=O)[C@@H](OC(C)=O)[C@@H]1OC(C)=O. The fraction of sp³-hybridized carbons (Fsp3) is 0.562. The number of esters is 4. The van der Waals surface area contributed by atoms with E-state index < -0.39 is 67.1 Å². The topological polar surface area (TPSA) is 192 Å². The van der Waals surface area contributed by atoms with Gasteiger partial charge in [0.15, 0.2) is 18.1 Å². The lowest BCUT2D eigenvalue weighted by Crippen LogP contribution is -2.63. The first-order valence-corrected chi connectivity index (χ1v) is 14.6. The quantitative estimate of drug-likeness (QED) is 0.118. The molecule has 1 aromatic rings. The fourth-order valence-electron chi connectivity index (χ4n) is 4.80. The minimum Gasteiger partial charge on any atom is -0.463 e. The maximum Gasteiger partial charge on any atom is 0.303 e. The largest absolute Gasteiger partial charge is 0.463 e. The third-order valence-electron chi connectivity index (χ3n) is 6.90. The molecule has 13 nitrogen and oxygen atoms in total. The number of hydrogen-bond donors (Lipinski definition) is 3. The molecule has 6 atom stereocenters. The Morgan fingerprint density at radius 1 is 0.911 bits per heavy atom. The predicted octanol–water partition coefficient (Wildman–Crippen LogP) is 3.30. The first kappa shape index (κ1) is 37.1. The lowest BCUT2D eigenvalue weighted by Gasteiger charge is -2.44. The molecule has 0 radical (unpaired) electrons. The van der Waals surface area contributed by atoms with Gasteiger partial charge in [-0.1, -0.05) is 44.2 Å². The Balaban J connectivity index is 2.49. The number of aryl methyl sites for hydroxylation is 1. The van der Waals surface area contributed by atoms with Crippen LogP contribution in [0.15, 0.2) is 24.3 Å². The Morgan fingerprint density at radius 3 is 2.04 bits per heavy atom. The average Bonchev–Trinajstić information content (AvgIpc) is 2.93. The van der Waals surface area contributed by atoms with Crippen molar-refractivity contribution >= 4 is 41.6 Å². The van der Waals surface area contributed by atoms with Gasteiger partial charge >= 0.3 is 23.9 Å². The van der Waals surface area contributed by atoms with Crippen LogP contribution in [0, 0.1) is 29.6 Å². The lowest BCUT2D eigenvalue weighted by atomic mass is 9.86. The minimum absolute atomic E-state index is 0.0498. The number of ether oxygens (including phenoxy) is 6. The summed E-state index contributed by atoms with van der Waals surface area (Å²) in [4.78, 5) is 47.9. The molecule has 1 aliphatic rings. The van der Waals surface area contributed by atoms with Crippen LogP contribution < -0.4 is 0 Å². The monoisotopic (exact) mass is 632 g/mol. The summed E-state index contributed by atoms with van der Waals surface area (Å²) in [6, 6.07) is 5.76. The van der Waals surface area contributed by atoms with Gasteiger partial charge in [0, 0.05) is 40.0 Å². The molecular formula is C32H44N2O11. The van der Waals surface area contributed by atoms with E-state index >= 15 is 0 Å². The molecule has 3 N–H and O–H groups in total. The molecule has 0 saturated carbocycles. The molecule has 45 heavy (non-hydrogen) atoms. The molecule has 1 heterocycles. The minimum atomic E-state index is -1.57. The number of aliphatic hydroxyl groups is 1. The number of aliphatic hydroxyl groups excluding tert-OH is 1. The van der Waals surface area contributed by atoms with Gasteiger partial charge in [-0.3, -0.25) is 24.6 Å². The Kier molecular flexibility index (Phi) is 14.3. The predicted molar refractivity (Wildman–Crippen MR) is 162 cm³/mol. The van der Waals surface area contributed by atoms with Crippen molar-refractivity contribution < 1.29 is 52.7 Å². The van der Waals surface area contributed by atoms with Crippen LogP contribution in [0.4, 0.5) is 0 Å². The van der Waals surface area contributed by atoms with Crippen LogP contribution in [0.5, 0.6) is 0 Å². The molecule has 13 heteroatoms. The Hall–Kier alpha value is -4.10. The van der Waals surface area contributed by atoms with Gasteiger partial charge in [0.05, 0.1) is 5.92 Å². The highest BCUT2D eigenvalue weighted by Crippen LogP contribution is 2.31. The van der Waals surface area contributed by atoms with E-state index in [2.05, 4.69) is 0 Å². The number of benzene rings is 1. The molecule has 1 saturated heterocycles. The van der Waals surface area contributed by atoms with E-state index in [1.165, 1.54) is 6.92 Å². The lowest BCUT2D eigenvalue weighted by molar-refractivity contribution is -0.292. The third-order valence-corrected chi connectivity index (χ3v) is 6.90. The van der Waals surface area contributed by atoms with E-state index in [1.807, 2.05) is 51.1 Å². The first-order chi connectivity index (χ1) is 21.1. The van der Waals surface area contributed by atoms with Crippen molar-refractivity contribution in [2.45, 2.75) is 92.0 Å². The van der Waals surface area contributed by atoms with E-state index in [9.17, 15) is 19.2 Å². The van der Waals surface area contributed by atoms with E-state index in [1.54, 1.807) is 0 Å². The van der Waals surface area contributed by atoms with Gasteiger partial charge in [-0.2, -0.15) is 0 Å². The molecule has 0 aliphatic carbocycles. The number of carbonyl (C=O) groups excluding carboxylic acids is 4. The van der Waals surface area contributed by atoms with Gasteiger partial charge < -0.3 is 38.9 Å². The van der Waals surface area contributed by atoms with Crippen LogP contribution >= 0.6 is 0 Å². The number of nitrogens with one attached hydrogen (secondary N) is 2. The smallest absolute Gasteiger partial charge is 0.303 e. The van der Waals surface area contributed by atoms with Gasteiger partial charge in [0.2, 0.25) is 12.4 Å². The molecular weight excluding hydrogens is 588 g/mol.